The van der Waals surface area contributed by atoms with E-state index in [4.69, 9.17) is 0 Å². The zero-order valence-corrected chi connectivity index (χ0v) is 13.3. The van der Waals surface area contributed by atoms with Gasteiger partial charge in [0.2, 0.25) is 11.9 Å². The van der Waals surface area contributed by atoms with E-state index in [9.17, 15) is 9.90 Å². The van der Waals surface area contributed by atoms with Crippen molar-refractivity contribution in [2.75, 3.05) is 5.32 Å². The predicted molar refractivity (Wildman–Crippen MR) is 87.8 cm³/mol. The number of nitrogens with one attached hydrogen (secondary N) is 2. The van der Waals surface area contributed by atoms with E-state index in [0.717, 1.165) is 24.8 Å². The largest absolute Gasteiger partial charge is 0.389 e. The Morgan fingerprint density at radius 1 is 1.26 bits per heavy atom. The summed E-state index contributed by atoms with van der Waals surface area (Å²) < 4.78 is 0. The van der Waals surface area contributed by atoms with E-state index in [1.165, 1.54) is 5.56 Å². The molecule has 0 radical (unpaired) electrons. The summed E-state index contributed by atoms with van der Waals surface area (Å²) in [5.74, 6) is 0.602. The maximum Gasteiger partial charge on any atom is 0.249 e. The van der Waals surface area contributed by atoms with Gasteiger partial charge in [0.25, 0.3) is 0 Å². The number of nitrogens with zero attached hydrogens (tertiary/aromatic N) is 2. The Balaban J connectivity index is 1.62. The van der Waals surface area contributed by atoms with Crippen LogP contribution in [0, 0.1) is 6.92 Å². The molecule has 0 saturated heterocycles. The molecular weight excluding hydrogens is 292 g/mol. The number of benzene rings is 1. The molecule has 1 saturated carbocycles. The molecule has 1 aliphatic carbocycles. The maximum atomic E-state index is 12.1. The standard InChI is InChI=1S/C17H22N4O2/c1-12-5-7-13(8-6-12)15-19-16(21-20-15)18-14(22)11-17(23)9-3-2-4-10-17/h5-8,23H,2-4,9-11H2,1H3,(H2,18,19,20,21,22). The second-order valence-corrected chi connectivity index (χ2v) is 6.38. The van der Waals surface area contributed by atoms with Crippen LogP contribution in [0.4, 0.5) is 5.95 Å². The van der Waals surface area contributed by atoms with Crippen LogP contribution in [-0.4, -0.2) is 31.8 Å². The molecule has 1 aromatic carbocycles. The van der Waals surface area contributed by atoms with Crippen molar-refractivity contribution in [1.29, 1.82) is 0 Å². The average molecular weight is 314 g/mol. The molecule has 122 valence electrons. The third kappa shape index (κ3) is 3.96. The lowest BCUT2D eigenvalue weighted by Crippen LogP contribution is -2.36. The highest BCUT2D eigenvalue weighted by Crippen LogP contribution is 2.31. The normalized spacial score (nSPS) is 17.0. The highest BCUT2D eigenvalue weighted by molar-refractivity contribution is 5.89. The minimum Gasteiger partial charge on any atom is -0.389 e. The second kappa shape index (κ2) is 6.50. The van der Waals surface area contributed by atoms with Crippen molar-refractivity contribution in [3.05, 3.63) is 29.8 Å². The van der Waals surface area contributed by atoms with E-state index < -0.39 is 5.60 Å². The minimum atomic E-state index is -0.877. The smallest absolute Gasteiger partial charge is 0.249 e. The number of anilines is 1. The van der Waals surface area contributed by atoms with Gasteiger partial charge in [-0.1, -0.05) is 49.1 Å². The van der Waals surface area contributed by atoms with Crippen molar-refractivity contribution < 1.29 is 9.90 Å². The Labute approximate surface area is 135 Å². The summed E-state index contributed by atoms with van der Waals surface area (Å²) in [7, 11) is 0. The van der Waals surface area contributed by atoms with Gasteiger partial charge in [-0.15, -0.1) is 5.10 Å². The van der Waals surface area contributed by atoms with Crippen LogP contribution in [0.25, 0.3) is 11.4 Å². The lowest BCUT2D eigenvalue weighted by molar-refractivity contribution is -0.122. The van der Waals surface area contributed by atoms with Gasteiger partial charge in [-0.25, -0.2) is 0 Å². The molecule has 1 aromatic heterocycles. The Hall–Kier alpha value is -2.21. The van der Waals surface area contributed by atoms with Gasteiger partial charge in [-0.05, 0) is 19.8 Å². The molecule has 23 heavy (non-hydrogen) atoms. The van der Waals surface area contributed by atoms with Gasteiger partial charge in [-0.2, -0.15) is 4.98 Å². The first-order chi connectivity index (χ1) is 11.0. The van der Waals surface area contributed by atoms with Gasteiger partial charge in [0.15, 0.2) is 5.82 Å². The highest BCUT2D eigenvalue weighted by atomic mass is 16.3. The molecule has 3 N–H and O–H groups in total. The zero-order valence-electron chi connectivity index (χ0n) is 13.3. The molecule has 0 bridgehead atoms. The van der Waals surface area contributed by atoms with Crippen LogP contribution in [0.5, 0.6) is 0 Å². The molecule has 1 fully saturated rings. The first-order valence-electron chi connectivity index (χ1n) is 8.06. The second-order valence-electron chi connectivity index (χ2n) is 6.38. The third-order valence-electron chi connectivity index (χ3n) is 4.34. The molecule has 3 rings (SSSR count). The number of carbonyl (C=O) groups is 1. The summed E-state index contributed by atoms with van der Waals surface area (Å²) in [4.78, 5) is 16.4. The fourth-order valence-electron chi connectivity index (χ4n) is 3.01. The quantitative estimate of drug-likeness (QED) is 0.809. The number of rotatable bonds is 4. The van der Waals surface area contributed by atoms with Crippen LogP contribution in [0.2, 0.25) is 0 Å². The summed E-state index contributed by atoms with van der Waals surface area (Å²) in [6, 6.07) is 7.89. The van der Waals surface area contributed by atoms with Crippen molar-refractivity contribution in [3.8, 4) is 11.4 Å². The van der Waals surface area contributed by atoms with Gasteiger partial charge in [0.05, 0.1) is 12.0 Å². The maximum absolute atomic E-state index is 12.1. The van der Waals surface area contributed by atoms with E-state index in [1.807, 2.05) is 31.2 Å². The number of amides is 1. The molecule has 1 heterocycles. The molecule has 1 amide bonds. The van der Waals surface area contributed by atoms with Crippen molar-refractivity contribution in [1.82, 2.24) is 15.2 Å². The van der Waals surface area contributed by atoms with Crippen LogP contribution in [0.3, 0.4) is 0 Å². The minimum absolute atomic E-state index is 0.0986. The van der Waals surface area contributed by atoms with Crippen molar-refractivity contribution in [3.63, 3.8) is 0 Å². The van der Waals surface area contributed by atoms with Gasteiger partial charge >= 0.3 is 0 Å². The average Bonchev–Trinajstić information content (AvgIpc) is 2.96. The highest BCUT2D eigenvalue weighted by Gasteiger charge is 2.31. The number of aliphatic hydroxyl groups is 1. The lowest BCUT2D eigenvalue weighted by atomic mass is 9.82. The first kappa shape index (κ1) is 15.7. The molecule has 6 nitrogen and oxygen atoms in total. The van der Waals surface area contributed by atoms with Crippen molar-refractivity contribution >= 4 is 11.9 Å². The van der Waals surface area contributed by atoms with Crippen LogP contribution in [0.15, 0.2) is 24.3 Å². The predicted octanol–water partition coefficient (Wildman–Crippen LogP) is 2.80. The van der Waals surface area contributed by atoms with Crippen LogP contribution < -0.4 is 5.32 Å². The van der Waals surface area contributed by atoms with Gasteiger partial charge in [0.1, 0.15) is 0 Å². The van der Waals surface area contributed by atoms with Gasteiger partial charge in [0, 0.05) is 5.56 Å². The van der Waals surface area contributed by atoms with Crippen LogP contribution in [0.1, 0.15) is 44.1 Å². The summed E-state index contributed by atoms with van der Waals surface area (Å²) in [6.07, 6.45) is 4.54. The fraction of sp³-hybridized carbons (Fsp3) is 0.471. The van der Waals surface area contributed by atoms with E-state index in [-0.39, 0.29) is 18.3 Å². The number of aromatic nitrogens is 3. The molecule has 0 unspecified atom stereocenters. The van der Waals surface area contributed by atoms with Crippen molar-refractivity contribution in [2.45, 2.75) is 51.0 Å². The molecule has 1 aliphatic rings. The molecule has 2 aromatic rings. The number of H-pyrrole nitrogens is 1. The fourth-order valence-corrected chi connectivity index (χ4v) is 3.01. The Morgan fingerprint density at radius 3 is 2.65 bits per heavy atom. The van der Waals surface area contributed by atoms with Gasteiger partial charge < -0.3 is 5.11 Å². The number of hydrogen-bond acceptors (Lipinski definition) is 4. The van der Waals surface area contributed by atoms with Crippen molar-refractivity contribution in [2.24, 2.45) is 0 Å². The Bertz CT molecular complexity index is 672. The number of aryl methyl sites for hydroxylation is 1. The number of aromatic amines is 1. The Kier molecular flexibility index (Phi) is 4.43. The summed E-state index contributed by atoms with van der Waals surface area (Å²) in [6.45, 7) is 2.02. The molecule has 0 aliphatic heterocycles. The third-order valence-corrected chi connectivity index (χ3v) is 4.34. The summed E-state index contributed by atoms with van der Waals surface area (Å²) in [5.41, 5.74) is 1.20. The van der Waals surface area contributed by atoms with E-state index in [0.29, 0.717) is 18.7 Å². The van der Waals surface area contributed by atoms with Gasteiger partial charge in [-0.3, -0.25) is 15.2 Å². The lowest BCUT2D eigenvalue weighted by Gasteiger charge is -2.31. The number of hydrogen-bond donors (Lipinski definition) is 3. The molecule has 0 spiro atoms. The first-order valence-corrected chi connectivity index (χ1v) is 8.06. The summed E-state index contributed by atoms with van der Waals surface area (Å²) >= 11 is 0. The SMILES string of the molecule is Cc1ccc(-c2nc(NC(=O)CC3(O)CCCCC3)n[nH]2)cc1. The topological polar surface area (TPSA) is 90.9 Å². The monoisotopic (exact) mass is 314 g/mol. The summed E-state index contributed by atoms with van der Waals surface area (Å²) in [5, 5.41) is 19.9. The van der Waals surface area contributed by atoms with E-state index >= 15 is 0 Å². The molecule has 0 atom stereocenters. The van der Waals surface area contributed by atoms with E-state index in [1.54, 1.807) is 0 Å². The molecule has 6 heteroatoms. The zero-order chi connectivity index (χ0) is 16.3. The molecular formula is C17H22N4O2. The Morgan fingerprint density at radius 2 is 1.96 bits per heavy atom. The van der Waals surface area contributed by atoms with Crippen LogP contribution >= 0.6 is 0 Å². The number of carbonyl (C=O) groups excluding carboxylic acids is 1. The van der Waals surface area contributed by atoms with E-state index in [2.05, 4.69) is 20.5 Å². The van der Waals surface area contributed by atoms with Crippen LogP contribution in [-0.2, 0) is 4.79 Å².